The van der Waals surface area contributed by atoms with Crippen LogP contribution in [0.25, 0.3) is 0 Å². The van der Waals surface area contributed by atoms with Crippen molar-refractivity contribution in [2.24, 2.45) is 5.92 Å². The maximum Gasteiger partial charge on any atom is 0.260 e. The normalized spacial score (nSPS) is 37.2. The van der Waals surface area contributed by atoms with Crippen molar-refractivity contribution >= 4 is 0 Å². The predicted octanol–water partition coefficient (Wildman–Crippen LogP) is 2.73. The second-order valence-electron chi connectivity index (χ2n) is 8.08. The van der Waals surface area contributed by atoms with Crippen molar-refractivity contribution < 1.29 is 23.8 Å². The van der Waals surface area contributed by atoms with Crippen LogP contribution in [0.1, 0.15) is 62.5 Å². The largest absolute Gasteiger partial charge is 0.498 e. The van der Waals surface area contributed by atoms with E-state index in [1.54, 1.807) is 7.11 Å². The predicted molar refractivity (Wildman–Crippen MR) is 96.2 cm³/mol. The van der Waals surface area contributed by atoms with Gasteiger partial charge in [-0.15, -0.1) is 0 Å². The van der Waals surface area contributed by atoms with Crippen LogP contribution in [0.3, 0.4) is 0 Å². The molecule has 1 N–H and O–H groups in total. The summed E-state index contributed by atoms with van der Waals surface area (Å²) in [5.41, 5.74) is -0.224. The highest BCUT2D eigenvalue weighted by molar-refractivity contribution is 5.45. The molecule has 3 aliphatic heterocycles. The molecule has 2 bridgehead atoms. The lowest BCUT2D eigenvalue weighted by Gasteiger charge is -2.46. The first kappa shape index (κ1) is 17.5. The van der Waals surface area contributed by atoms with E-state index in [4.69, 9.17) is 18.7 Å². The Labute approximate surface area is 159 Å². The SMILES string of the molecule is CCCCOc1noc2c1C(O)C13OC(C=C1OC)CC3[C@@H]2N1CCCC1. The summed E-state index contributed by atoms with van der Waals surface area (Å²) in [6.45, 7) is 4.72. The molecule has 27 heavy (non-hydrogen) atoms. The smallest absolute Gasteiger partial charge is 0.260 e. The van der Waals surface area contributed by atoms with Crippen LogP contribution in [0.2, 0.25) is 0 Å². The van der Waals surface area contributed by atoms with E-state index in [1.807, 2.05) is 6.08 Å². The van der Waals surface area contributed by atoms with E-state index in [9.17, 15) is 5.11 Å². The van der Waals surface area contributed by atoms with E-state index in [2.05, 4.69) is 17.0 Å². The number of likely N-dealkylation sites (tertiary alicyclic amines) is 1. The van der Waals surface area contributed by atoms with Crippen LogP contribution < -0.4 is 4.74 Å². The van der Waals surface area contributed by atoms with Gasteiger partial charge in [-0.25, -0.2) is 0 Å². The van der Waals surface area contributed by atoms with Crippen molar-refractivity contribution in [3.8, 4) is 5.88 Å². The number of hydrogen-bond donors (Lipinski definition) is 1. The molecule has 2 saturated heterocycles. The van der Waals surface area contributed by atoms with Crippen molar-refractivity contribution in [2.45, 2.75) is 62.9 Å². The van der Waals surface area contributed by atoms with Gasteiger partial charge in [-0.1, -0.05) is 13.3 Å². The first-order chi connectivity index (χ1) is 13.2. The Morgan fingerprint density at radius 2 is 2.19 bits per heavy atom. The van der Waals surface area contributed by atoms with E-state index >= 15 is 0 Å². The highest BCUT2D eigenvalue weighted by Crippen LogP contribution is 2.64. The molecule has 2 fully saturated rings. The minimum Gasteiger partial charge on any atom is -0.498 e. The van der Waals surface area contributed by atoms with E-state index in [0.29, 0.717) is 18.1 Å². The number of fused-ring (bicyclic) bond motifs is 2. The third-order valence-corrected chi connectivity index (χ3v) is 6.65. The van der Waals surface area contributed by atoms with Gasteiger partial charge in [-0.2, -0.15) is 0 Å². The van der Waals surface area contributed by atoms with Gasteiger partial charge >= 0.3 is 0 Å². The van der Waals surface area contributed by atoms with Gasteiger partial charge in [0.2, 0.25) is 0 Å². The molecule has 1 aromatic heterocycles. The zero-order chi connectivity index (χ0) is 18.6. The average Bonchev–Trinajstić information content (AvgIpc) is 3.45. The zero-order valence-electron chi connectivity index (χ0n) is 16.0. The Morgan fingerprint density at radius 3 is 2.93 bits per heavy atom. The van der Waals surface area contributed by atoms with Gasteiger partial charge in [0, 0.05) is 5.92 Å². The third-order valence-electron chi connectivity index (χ3n) is 6.65. The number of ether oxygens (including phenoxy) is 3. The van der Waals surface area contributed by atoms with Crippen LogP contribution in [0.4, 0.5) is 0 Å². The minimum atomic E-state index is -0.905. The average molecular weight is 376 g/mol. The zero-order valence-corrected chi connectivity index (χ0v) is 16.0. The quantitative estimate of drug-likeness (QED) is 0.765. The number of aliphatic hydroxyl groups excluding tert-OH is 1. The number of methoxy groups -OCH3 is 1. The van der Waals surface area contributed by atoms with Gasteiger partial charge in [-0.05, 0) is 50.0 Å². The van der Waals surface area contributed by atoms with Gasteiger partial charge in [0.25, 0.3) is 5.88 Å². The highest BCUT2D eigenvalue weighted by Gasteiger charge is 2.68. The fraction of sp³-hybridized carbons (Fsp3) is 0.750. The molecule has 0 amide bonds. The van der Waals surface area contributed by atoms with Crippen LogP contribution in [0.15, 0.2) is 16.4 Å². The van der Waals surface area contributed by atoms with Crippen LogP contribution >= 0.6 is 0 Å². The van der Waals surface area contributed by atoms with Gasteiger partial charge in [0.05, 0.1) is 31.4 Å². The molecule has 5 rings (SSSR count). The van der Waals surface area contributed by atoms with E-state index in [-0.39, 0.29) is 18.1 Å². The molecule has 4 heterocycles. The standard InChI is InChI=1S/C20H28N2O5/c1-3-4-9-25-19-15-17(27-21-19)16(22-7-5-6-8-22)13-10-12-11-14(24-2)20(13,26-12)18(15)23/h11-13,16,18,23H,3-10H2,1-2H3/t12?,13?,16-,18?,20?/m0/s1. The molecule has 7 nitrogen and oxygen atoms in total. The summed E-state index contributed by atoms with van der Waals surface area (Å²) in [6, 6.07) is 0.0331. The molecule has 0 saturated carbocycles. The summed E-state index contributed by atoms with van der Waals surface area (Å²) in [7, 11) is 1.65. The van der Waals surface area contributed by atoms with Crippen LogP contribution in [-0.4, -0.2) is 53.7 Å². The second kappa shape index (κ2) is 6.50. The van der Waals surface area contributed by atoms with Gasteiger partial charge in [0.1, 0.15) is 11.9 Å². The number of hydrogen-bond acceptors (Lipinski definition) is 7. The molecular weight excluding hydrogens is 348 g/mol. The Hall–Kier alpha value is -1.57. The molecular formula is C20H28N2O5. The van der Waals surface area contributed by atoms with Gasteiger partial charge in [-0.3, -0.25) is 4.90 Å². The monoisotopic (exact) mass is 376 g/mol. The molecule has 1 aromatic rings. The molecule has 7 heteroatoms. The Kier molecular flexibility index (Phi) is 4.22. The Morgan fingerprint density at radius 1 is 1.37 bits per heavy atom. The van der Waals surface area contributed by atoms with Gasteiger partial charge < -0.3 is 23.8 Å². The summed E-state index contributed by atoms with van der Waals surface area (Å²) in [5, 5.41) is 15.7. The number of aromatic nitrogens is 1. The molecule has 148 valence electrons. The Bertz CT molecular complexity index is 741. The summed E-state index contributed by atoms with van der Waals surface area (Å²) >= 11 is 0. The number of nitrogens with zero attached hydrogens (tertiary/aromatic N) is 2. The Balaban J connectivity index is 1.60. The van der Waals surface area contributed by atoms with E-state index in [0.717, 1.165) is 43.9 Å². The summed E-state index contributed by atoms with van der Waals surface area (Å²) in [4.78, 5) is 2.45. The van der Waals surface area contributed by atoms with Crippen molar-refractivity contribution in [3.63, 3.8) is 0 Å². The third kappa shape index (κ3) is 2.34. The topological polar surface area (TPSA) is 77.2 Å². The molecule has 1 aliphatic carbocycles. The molecule has 0 aromatic carbocycles. The van der Waals surface area contributed by atoms with Crippen LogP contribution in [0, 0.1) is 5.92 Å². The highest BCUT2D eigenvalue weighted by atomic mass is 16.6. The molecule has 4 aliphatic rings. The van der Waals surface area contributed by atoms with Crippen molar-refractivity contribution in [3.05, 3.63) is 23.2 Å². The van der Waals surface area contributed by atoms with Crippen molar-refractivity contribution in [1.29, 1.82) is 0 Å². The van der Waals surface area contributed by atoms with Gasteiger partial charge in [0.15, 0.2) is 11.4 Å². The lowest BCUT2D eigenvalue weighted by atomic mass is 9.66. The van der Waals surface area contributed by atoms with Crippen molar-refractivity contribution in [1.82, 2.24) is 10.1 Å². The maximum atomic E-state index is 11.5. The lowest BCUT2D eigenvalue weighted by Crippen LogP contribution is -2.52. The lowest BCUT2D eigenvalue weighted by molar-refractivity contribution is -0.133. The van der Waals surface area contributed by atoms with E-state index < -0.39 is 11.7 Å². The summed E-state index contributed by atoms with van der Waals surface area (Å²) < 4.78 is 23.7. The minimum absolute atomic E-state index is 0.0221. The molecule has 0 radical (unpaired) electrons. The summed E-state index contributed by atoms with van der Waals surface area (Å²) in [5.74, 6) is 1.96. The summed E-state index contributed by atoms with van der Waals surface area (Å²) in [6.07, 6.45) is 6.27. The number of rotatable bonds is 6. The fourth-order valence-electron chi connectivity index (χ4n) is 5.46. The molecule has 4 unspecified atom stereocenters. The fourth-order valence-corrected chi connectivity index (χ4v) is 5.46. The van der Waals surface area contributed by atoms with Crippen LogP contribution in [-0.2, 0) is 9.47 Å². The number of unbranched alkanes of at least 4 members (excludes halogenated alkanes) is 1. The molecule has 1 spiro atoms. The number of aliphatic hydroxyl groups is 1. The first-order valence-electron chi connectivity index (χ1n) is 10.2. The van der Waals surface area contributed by atoms with Crippen molar-refractivity contribution in [2.75, 3.05) is 26.8 Å². The second-order valence-corrected chi connectivity index (χ2v) is 8.08. The first-order valence-corrected chi connectivity index (χ1v) is 10.2. The van der Waals surface area contributed by atoms with Crippen LogP contribution in [0.5, 0.6) is 5.88 Å². The molecule has 5 atom stereocenters. The maximum absolute atomic E-state index is 11.5. The van der Waals surface area contributed by atoms with E-state index in [1.165, 1.54) is 12.8 Å².